The fraction of sp³-hybridized carbons (Fsp3) is 0.429. The van der Waals surface area contributed by atoms with Gasteiger partial charge < -0.3 is 9.64 Å². The van der Waals surface area contributed by atoms with Crippen LogP contribution >= 0.6 is 0 Å². The van der Waals surface area contributed by atoms with E-state index < -0.39 is 10.0 Å². The van der Waals surface area contributed by atoms with E-state index in [4.69, 9.17) is 4.74 Å². The smallest absolute Gasteiger partial charge is 0.241 e. The number of nitrogens with one attached hydrogen (secondary N) is 1. The summed E-state index contributed by atoms with van der Waals surface area (Å²) < 4.78 is 34.2. The van der Waals surface area contributed by atoms with Crippen LogP contribution in [0.2, 0.25) is 0 Å². The summed E-state index contributed by atoms with van der Waals surface area (Å²) in [6, 6.07) is 9.53. The molecule has 0 fully saturated rings. The fourth-order valence-corrected chi connectivity index (χ4v) is 4.51. The molecule has 1 N–H and O–H groups in total. The summed E-state index contributed by atoms with van der Waals surface area (Å²) in [6.45, 7) is 9.30. The van der Waals surface area contributed by atoms with Crippen LogP contribution in [0.3, 0.4) is 0 Å². The second-order valence-corrected chi connectivity index (χ2v) is 8.91. The van der Waals surface area contributed by atoms with E-state index in [9.17, 15) is 8.42 Å². The Hall–Kier alpha value is -1.89. The van der Waals surface area contributed by atoms with Crippen molar-refractivity contribution in [3.8, 4) is 5.75 Å². The van der Waals surface area contributed by atoms with Gasteiger partial charge in [-0.15, -0.1) is 0 Å². The zero-order valence-electron chi connectivity index (χ0n) is 17.1. The first kappa shape index (κ1) is 21.4. The van der Waals surface area contributed by atoms with E-state index in [0.29, 0.717) is 11.5 Å². The van der Waals surface area contributed by atoms with E-state index in [2.05, 4.69) is 9.62 Å². The molecule has 0 heterocycles. The lowest BCUT2D eigenvalue weighted by Crippen LogP contribution is -2.25. The molecular weight excluding hydrogens is 360 g/mol. The van der Waals surface area contributed by atoms with Crippen LogP contribution in [0.25, 0.3) is 0 Å². The Morgan fingerprint density at radius 2 is 1.52 bits per heavy atom. The van der Waals surface area contributed by atoms with Gasteiger partial charge in [-0.2, -0.15) is 0 Å². The van der Waals surface area contributed by atoms with Crippen molar-refractivity contribution >= 4 is 10.0 Å². The minimum absolute atomic E-state index is 0.242. The third kappa shape index (κ3) is 5.54. The number of sulfonamides is 1. The van der Waals surface area contributed by atoms with Crippen LogP contribution < -0.4 is 9.46 Å². The molecule has 0 aliphatic heterocycles. The average Bonchev–Trinajstić information content (AvgIpc) is 2.59. The van der Waals surface area contributed by atoms with Crippen molar-refractivity contribution < 1.29 is 13.2 Å². The molecule has 0 amide bonds. The molecule has 148 valence electrons. The Balaban J connectivity index is 2.08. The Kier molecular flexibility index (Phi) is 7.03. The summed E-state index contributed by atoms with van der Waals surface area (Å²) in [5.74, 6) is 0.782. The summed E-state index contributed by atoms with van der Waals surface area (Å²) in [5.41, 5.74) is 4.46. The number of likely N-dealkylation sites (N-methyl/N-ethyl adjacent to an activating group) is 1. The van der Waals surface area contributed by atoms with Crippen molar-refractivity contribution in [3.63, 3.8) is 0 Å². The molecule has 0 spiro atoms. The van der Waals surface area contributed by atoms with Gasteiger partial charge in [0, 0.05) is 13.1 Å². The molecule has 0 saturated heterocycles. The van der Waals surface area contributed by atoms with Gasteiger partial charge in [0.1, 0.15) is 12.4 Å². The maximum atomic E-state index is 12.9. The van der Waals surface area contributed by atoms with Crippen LogP contribution in [0, 0.1) is 27.7 Å². The maximum absolute atomic E-state index is 12.9. The number of rotatable bonds is 8. The number of hydrogen-bond donors (Lipinski definition) is 1. The molecule has 27 heavy (non-hydrogen) atoms. The standard InChI is InChI=1S/C21H30N2O3S/c1-15-13-16(2)18(4)21(17(15)3)27(24,25)22-14-19-7-9-20(10-8-19)26-12-11-23(5)6/h7-10,13,22H,11-12,14H2,1-6H3. The van der Waals surface area contributed by atoms with Crippen molar-refractivity contribution in [3.05, 3.63) is 58.1 Å². The lowest BCUT2D eigenvalue weighted by molar-refractivity contribution is 0.261. The summed E-state index contributed by atoms with van der Waals surface area (Å²) in [7, 11) is 0.410. The predicted molar refractivity (Wildman–Crippen MR) is 110 cm³/mol. The quantitative estimate of drug-likeness (QED) is 0.751. The van der Waals surface area contributed by atoms with Gasteiger partial charge in [0.05, 0.1) is 4.90 Å². The van der Waals surface area contributed by atoms with Gasteiger partial charge in [0.25, 0.3) is 0 Å². The number of nitrogens with zero attached hydrogens (tertiary/aromatic N) is 1. The second kappa shape index (κ2) is 8.87. The van der Waals surface area contributed by atoms with Crippen molar-refractivity contribution in [2.75, 3.05) is 27.2 Å². The number of ether oxygens (including phenoxy) is 1. The highest BCUT2D eigenvalue weighted by molar-refractivity contribution is 7.89. The first-order chi connectivity index (χ1) is 12.6. The largest absolute Gasteiger partial charge is 0.492 e. The van der Waals surface area contributed by atoms with Crippen LogP contribution in [0.4, 0.5) is 0 Å². The molecule has 2 aromatic rings. The van der Waals surface area contributed by atoms with Gasteiger partial charge in [0.2, 0.25) is 10.0 Å². The van der Waals surface area contributed by atoms with E-state index >= 15 is 0 Å². The Labute approximate surface area is 163 Å². The zero-order chi connectivity index (χ0) is 20.2. The van der Waals surface area contributed by atoms with Gasteiger partial charge in [-0.25, -0.2) is 13.1 Å². The SMILES string of the molecule is Cc1cc(C)c(C)c(S(=O)(=O)NCc2ccc(OCCN(C)C)cc2)c1C. The van der Waals surface area contributed by atoms with E-state index in [1.54, 1.807) is 0 Å². The molecule has 0 bridgehead atoms. The van der Waals surface area contributed by atoms with Gasteiger partial charge in [-0.3, -0.25) is 0 Å². The third-order valence-corrected chi connectivity index (χ3v) is 6.44. The fourth-order valence-electron chi connectivity index (χ4n) is 2.88. The van der Waals surface area contributed by atoms with Crippen LogP contribution in [0.1, 0.15) is 27.8 Å². The monoisotopic (exact) mass is 390 g/mol. The molecule has 0 aliphatic rings. The first-order valence-electron chi connectivity index (χ1n) is 9.05. The minimum atomic E-state index is -3.59. The highest BCUT2D eigenvalue weighted by Crippen LogP contribution is 2.26. The molecule has 0 aromatic heterocycles. The topological polar surface area (TPSA) is 58.6 Å². The number of benzene rings is 2. The predicted octanol–water partition coefficient (Wildman–Crippen LogP) is 3.34. The second-order valence-electron chi connectivity index (χ2n) is 7.21. The highest BCUT2D eigenvalue weighted by atomic mass is 32.2. The van der Waals surface area contributed by atoms with Crippen molar-refractivity contribution in [1.29, 1.82) is 0 Å². The molecule has 0 saturated carbocycles. The lowest BCUT2D eigenvalue weighted by atomic mass is 10.0. The molecule has 0 radical (unpaired) electrons. The third-order valence-electron chi connectivity index (χ3n) is 4.76. The normalized spacial score (nSPS) is 11.8. The molecule has 0 atom stereocenters. The van der Waals surface area contributed by atoms with Crippen molar-refractivity contribution in [1.82, 2.24) is 9.62 Å². The Morgan fingerprint density at radius 1 is 0.963 bits per heavy atom. The van der Waals surface area contributed by atoms with E-state index in [0.717, 1.165) is 40.1 Å². The number of hydrogen-bond acceptors (Lipinski definition) is 4. The van der Waals surface area contributed by atoms with Crippen LogP contribution in [-0.2, 0) is 16.6 Å². The van der Waals surface area contributed by atoms with Crippen LogP contribution in [0.15, 0.2) is 35.2 Å². The molecule has 6 heteroatoms. The zero-order valence-corrected chi connectivity index (χ0v) is 17.9. The van der Waals surface area contributed by atoms with Gasteiger partial charge in [0.15, 0.2) is 0 Å². The van der Waals surface area contributed by atoms with E-state index in [1.165, 1.54) is 0 Å². The average molecular weight is 391 g/mol. The van der Waals surface area contributed by atoms with Crippen molar-refractivity contribution in [2.24, 2.45) is 0 Å². The summed E-state index contributed by atoms with van der Waals surface area (Å²) in [5, 5.41) is 0. The lowest BCUT2D eigenvalue weighted by Gasteiger charge is -2.16. The van der Waals surface area contributed by atoms with Crippen molar-refractivity contribution in [2.45, 2.75) is 39.1 Å². The van der Waals surface area contributed by atoms with Crippen LogP contribution in [0.5, 0.6) is 5.75 Å². The van der Waals surface area contributed by atoms with E-state index in [1.807, 2.05) is 72.1 Å². The molecular formula is C21H30N2O3S. The summed E-state index contributed by atoms with van der Waals surface area (Å²) in [6.07, 6.45) is 0. The Bertz CT molecular complexity index is 862. The molecule has 5 nitrogen and oxygen atoms in total. The maximum Gasteiger partial charge on any atom is 0.241 e. The summed E-state index contributed by atoms with van der Waals surface area (Å²) >= 11 is 0. The minimum Gasteiger partial charge on any atom is -0.492 e. The van der Waals surface area contributed by atoms with E-state index in [-0.39, 0.29) is 6.54 Å². The molecule has 2 aromatic carbocycles. The van der Waals surface area contributed by atoms with Gasteiger partial charge in [-0.05, 0) is 81.7 Å². The highest BCUT2D eigenvalue weighted by Gasteiger charge is 2.21. The van der Waals surface area contributed by atoms with Gasteiger partial charge >= 0.3 is 0 Å². The Morgan fingerprint density at radius 3 is 2.04 bits per heavy atom. The van der Waals surface area contributed by atoms with Crippen LogP contribution in [-0.4, -0.2) is 40.6 Å². The summed E-state index contributed by atoms with van der Waals surface area (Å²) in [4.78, 5) is 2.45. The molecule has 0 aliphatic carbocycles. The first-order valence-corrected chi connectivity index (χ1v) is 10.5. The van der Waals surface area contributed by atoms with Gasteiger partial charge in [-0.1, -0.05) is 18.2 Å². The molecule has 0 unspecified atom stereocenters. The molecule has 2 rings (SSSR count). The number of aryl methyl sites for hydroxylation is 2.